The van der Waals surface area contributed by atoms with E-state index >= 15 is 0 Å². The van der Waals surface area contributed by atoms with E-state index in [4.69, 9.17) is 4.74 Å². The van der Waals surface area contributed by atoms with Gasteiger partial charge in [-0.05, 0) is 37.3 Å². The van der Waals surface area contributed by atoms with Crippen molar-refractivity contribution >= 4 is 21.8 Å². The summed E-state index contributed by atoms with van der Waals surface area (Å²) in [6, 6.07) is 7.93. The van der Waals surface area contributed by atoms with Crippen LogP contribution in [0.1, 0.15) is 32.8 Å². The summed E-state index contributed by atoms with van der Waals surface area (Å²) in [6.07, 6.45) is 1.19. The molecule has 130 valence electrons. The Morgan fingerprint density at radius 1 is 1.30 bits per heavy atom. The fourth-order valence-electron chi connectivity index (χ4n) is 2.12. The third kappa shape index (κ3) is 7.95. The molecule has 0 saturated carbocycles. The fraction of sp³-hybridized carbons (Fsp3) is 0.611. The maximum atomic E-state index is 12.0. The van der Waals surface area contributed by atoms with Gasteiger partial charge in [-0.25, -0.2) is 0 Å². The minimum Gasteiger partial charge on any atom is -0.396 e. The first kappa shape index (κ1) is 20.1. The van der Waals surface area contributed by atoms with Crippen LogP contribution in [-0.4, -0.2) is 36.9 Å². The van der Waals surface area contributed by atoms with Gasteiger partial charge in [0.1, 0.15) is 6.10 Å². The Kier molecular flexibility index (Phi) is 9.44. The molecule has 0 radical (unpaired) electrons. The molecule has 1 amide bonds. The van der Waals surface area contributed by atoms with Gasteiger partial charge in [0, 0.05) is 30.1 Å². The third-order valence-electron chi connectivity index (χ3n) is 3.72. The van der Waals surface area contributed by atoms with Crippen LogP contribution in [0.15, 0.2) is 28.7 Å². The average molecular weight is 386 g/mol. The van der Waals surface area contributed by atoms with Crippen molar-refractivity contribution in [3.05, 3.63) is 34.3 Å². The molecule has 23 heavy (non-hydrogen) atoms. The van der Waals surface area contributed by atoms with Crippen molar-refractivity contribution in [1.29, 1.82) is 0 Å². The second kappa shape index (κ2) is 10.8. The number of benzene rings is 1. The minimum absolute atomic E-state index is 0.0134. The van der Waals surface area contributed by atoms with Crippen molar-refractivity contribution in [1.82, 2.24) is 5.32 Å². The summed E-state index contributed by atoms with van der Waals surface area (Å²) in [4.78, 5) is 12.0. The molecule has 1 aromatic rings. The number of hydrogen-bond donors (Lipinski definition) is 2. The number of nitrogens with one attached hydrogen (secondary N) is 1. The molecule has 2 N–H and O–H groups in total. The molecule has 0 spiro atoms. The molecular formula is C18H28BrNO3. The van der Waals surface area contributed by atoms with Crippen LogP contribution >= 0.6 is 15.9 Å². The van der Waals surface area contributed by atoms with Gasteiger partial charge in [-0.2, -0.15) is 0 Å². The van der Waals surface area contributed by atoms with Gasteiger partial charge < -0.3 is 15.2 Å². The van der Waals surface area contributed by atoms with Crippen LogP contribution in [0.2, 0.25) is 0 Å². The SMILES string of the molecule is CC(C)CCO[C@H](C)C(=O)NC[C@H](CO)Cc1ccccc1Br. The molecule has 0 aromatic heterocycles. The van der Waals surface area contributed by atoms with E-state index < -0.39 is 6.10 Å². The first-order valence-electron chi connectivity index (χ1n) is 8.17. The van der Waals surface area contributed by atoms with Crippen LogP contribution < -0.4 is 5.32 Å². The molecular weight excluding hydrogens is 358 g/mol. The largest absolute Gasteiger partial charge is 0.396 e. The van der Waals surface area contributed by atoms with Gasteiger partial charge in [0.2, 0.25) is 5.91 Å². The minimum atomic E-state index is -0.462. The van der Waals surface area contributed by atoms with Gasteiger partial charge >= 0.3 is 0 Å². The van der Waals surface area contributed by atoms with E-state index in [1.807, 2.05) is 24.3 Å². The van der Waals surface area contributed by atoms with Crippen molar-refractivity contribution in [3.63, 3.8) is 0 Å². The summed E-state index contributed by atoms with van der Waals surface area (Å²) in [5.41, 5.74) is 1.13. The molecule has 0 aliphatic carbocycles. The van der Waals surface area contributed by atoms with Crippen LogP contribution in [0.3, 0.4) is 0 Å². The highest BCUT2D eigenvalue weighted by molar-refractivity contribution is 9.10. The quantitative estimate of drug-likeness (QED) is 0.650. The van der Waals surface area contributed by atoms with Gasteiger partial charge in [0.05, 0.1) is 0 Å². The molecule has 0 fully saturated rings. The van der Waals surface area contributed by atoms with Crippen LogP contribution in [-0.2, 0) is 16.0 Å². The van der Waals surface area contributed by atoms with E-state index in [-0.39, 0.29) is 18.4 Å². The number of ether oxygens (including phenoxy) is 1. The third-order valence-corrected chi connectivity index (χ3v) is 4.50. The van der Waals surface area contributed by atoms with E-state index in [1.54, 1.807) is 6.92 Å². The zero-order chi connectivity index (χ0) is 17.2. The summed E-state index contributed by atoms with van der Waals surface area (Å²) < 4.78 is 6.56. The number of rotatable bonds is 10. The molecule has 2 atom stereocenters. The predicted molar refractivity (Wildman–Crippen MR) is 96.3 cm³/mol. The first-order valence-corrected chi connectivity index (χ1v) is 8.96. The Morgan fingerprint density at radius 2 is 2.00 bits per heavy atom. The smallest absolute Gasteiger partial charge is 0.248 e. The lowest BCUT2D eigenvalue weighted by Crippen LogP contribution is -2.38. The average Bonchev–Trinajstić information content (AvgIpc) is 2.52. The van der Waals surface area contributed by atoms with Gasteiger partial charge in [0.25, 0.3) is 0 Å². The van der Waals surface area contributed by atoms with E-state index in [0.29, 0.717) is 25.5 Å². The first-order chi connectivity index (χ1) is 10.9. The van der Waals surface area contributed by atoms with Crippen LogP contribution in [0.25, 0.3) is 0 Å². The molecule has 0 aliphatic heterocycles. The monoisotopic (exact) mass is 385 g/mol. The number of halogens is 1. The summed E-state index contributed by atoms with van der Waals surface area (Å²) in [5, 5.41) is 12.4. The van der Waals surface area contributed by atoms with Crippen LogP contribution in [0, 0.1) is 11.8 Å². The van der Waals surface area contributed by atoms with Gasteiger partial charge in [-0.3, -0.25) is 4.79 Å². The number of hydrogen-bond acceptors (Lipinski definition) is 3. The Labute approximate surface area is 147 Å². The second-order valence-corrected chi connectivity index (χ2v) is 7.14. The lowest BCUT2D eigenvalue weighted by molar-refractivity contribution is -0.132. The maximum Gasteiger partial charge on any atom is 0.248 e. The Bertz CT molecular complexity index is 479. The van der Waals surface area contributed by atoms with Crippen molar-refractivity contribution in [3.8, 4) is 0 Å². The van der Waals surface area contributed by atoms with Gasteiger partial charge in [-0.1, -0.05) is 48.0 Å². The van der Waals surface area contributed by atoms with Crippen molar-refractivity contribution in [2.45, 2.75) is 39.7 Å². The molecule has 0 bridgehead atoms. The molecule has 0 unspecified atom stereocenters. The van der Waals surface area contributed by atoms with Gasteiger partial charge in [0.15, 0.2) is 0 Å². The number of aliphatic hydroxyl groups excluding tert-OH is 1. The number of carbonyl (C=O) groups is 1. The zero-order valence-electron chi connectivity index (χ0n) is 14.2. The van der Waals surface area contributed by atoms with Crippen molar-refractivity contribution in [2.75, 3.05) is 19.8 Å². The fourth-order valence-corrected chi connectivity index (χ4v) is 2.57. The van der Waals surface area contributed by atoms with Crippen molar-refractivity contribution < 1.29 is 14.6 Å². The highest BCUT2D eigenvalue weighted by Crippen LogP contribution is 2.19. The molecule has 0 saturated heterocycles. The van der Waals surface area contributed by atoms with Crippen LogP contribution in [0.4, 0.5) is 0 Å². The molecule has 0 aliphatic rings. The number of amides is 1. The van der Waals surface area contributed by atoms with E-state index in [1.165, 1.54) is 0 Å². The summed E-state index contributed by atoms with van der Waals surface area (Å²) in [6.45, 7) is 7.08. The second-order valence-electron chi connectivity index (χ2n) is 6.28. The van der Waals surface area contributed by atoms with Crippen molar-refractivity contribution in [2.24, 2.45) is 11.8 Å². The summed E-state index contributed by atoms with van der Waals surface area (Å²) in [5.74, 6) is 0.424. The maximum absolute atomic E-state index is 12.0. The van der Waals surface area contributed by atoms with Gasteiger partial charge in [-0.15, -0.1) is 0 Å². The lowest BCUT2D eigenvalue weighted by Gasteiger charge is -2.18. The summed E-state index contributed by atoms with van der Waals surface area (Å²) in [7, 11) is 0. The highest BCUT2D eigenvalue weighted by atomic mass is 79.9. The lowest BCUT2D eigenvalue weighted by atomic mass is 10.00. The molecule has 5 heteroatoms. The molecule has 4 nitrogen and oxygen atoms in total. The highest BCUT2D eigenvalue weighted by Gasteiger charge is 2.16. The summed E-state index contributed by atoms with van der Waals surface area (Å²) >= 11 is 3.51. The molecule has 1 aromatic carbocycles. The number of carbonyl (C=O) groups excluding carboxylic acids is 1. The van der Waals surface area contributed by atoms with E-state index in [9.17, 15) is 9.90 Å². The van der Waals surface area contributed by atoms with Crippen LogP contribution in [0.5, 0.6) is 0 Å². The van der Waals surface area contributed by atoms with E-state index in [0.717, 1.165) is 16.5 Å². The molecule has 1 rings (SSSR count). The topological polar surface area (TPSA) is 58.6 Å². The normalized spacial score (nSPS) is 13.8. The number of aliphatic hydroxyl groups is 1. The Morgan fingerprint density at radius 3 is 2.61 bits per heavy atom. The zero-order valence-corrected chi connectivity index (χ0v) is 15.8. The Hall–Kier alpha value is -0.910. The Balaban J connectivity index is 2.38. The molecule has 0 heterocycles. The van der Waals surface area contributed by atoms with E-state index in [2.05, 4.69) is 35.1 Å². The predicted octanol–water partition coefficient (Wildman–Crippen LogP) is 3.17. The standard InChI is InChI=1S/C18H28BrNO3/c1-13(2)8-9-23-14(3)18(22)20-11-15(12-21)10-16-6-4-5-7-17(16)19/h4-7,13-15,21H,8-12H2,1-3H3,(H,20,22)/t14-,15-/m1/s1.